The van der Waals surface area contributed by atoms with E-state index in [0.717, 1.165) is 21.8 Å². The minimum absolute atomic E-state index is 0.146. The lowest BCUT2D eigenvalue weighted by Gasteiger charge is -2.18. The number of thiophene rings is 1. The number of hydrogen-bond acceptors (Lipinski definition) is 6. The Labute approximate surface area is 175 Å². The molecule has 3 aromatic heterocycles. The van der Waals surface area contributed by atoms with E-state index in [1.807, 2.05) is 41.8 Å². The smallest absolute Gasteiger partial charge is 0.256 e. The number of aryl methyl sites for hydroxylation is 2. The first-order valence-electron chi connectivity index (χ1n) is 8.91. The summed E-state index contributed by atoms with van der Waals surface area (Å²) in [6.07, 6.45) is 0. The van der Waals surface area contributed by atoms with Gasteiger partial charge in [-0.3, -0.25) is 9.20 Å². The van der Waals surface area contributed by atoms with Crippen LogP contribution in [0.1, 0.15) is 27.9 Å². The number of fused-ring (bicyclic) bond motifs is 1. The number of benzene rings is 1. The number of nitrogens with zero attached hydrogens (tertiary/aromatic N) is 4. The van der Waals surface area contributed by atoms with Crippen LogP contribution in [0.15, 0.2) is 53.0 Å². The highest BCUT2D eigenvalue weighted by Gasteiger charge is 2.19. The van der Waals surface area contributed by atoms with Crippen LogP contribution >= 0.6 is 23.1 Å². The first-order chi connectivity index (χ1) is 14.0. The van der Waals surface area contributed by atoms with Crippen molar-refractivity contribution in [2.75, 3.05) is 5.75 Å². The molecule has 3 heterocycles. The number of amides is 1. The summed E-state index contributed by atoms with van der Waals surface area (Å²) in [7, 11) is 0. The molecule has 0 fully saturated rings. The normalized spacial score (nSPS) is 12.2. The molecule has 6 nitrogen and oxygen atoms in total. The maximum Gasteiger partial charge on any atom is 0.256 e. The van der Waals surface area contributed by atoms with Gasteiger partial charge in [-0.05, 0) is 49.1 Å². The lowest BCUT2D eigenvalue weighted by atomic mass is 10.1. The van der Waals surface area contributed by atoms with Gasteiger partial charge < -0.3 is 5.32 Å². The van der Waals surface area contributed by atoms with E-state index in [1.165, 1.54) is 23.9 Å². The summed E-state index contributed by atoms with van der Waals surface area (Å²) in [6.45, 7) is 3.86. The SMILES string of the molecule is Cc1cc(C)n2c(SCC(=O)N[C@@H](c3ccc(F)cc3)c3cccs3)nnc2n1. The van der Waals surface area contributed by atoms with Crippen LogP contribution < -0.4 is 5.32 Å². The average molecular weight is 428 g/mol. The molecule has 29 heavy (non-hydrogen) atoms. The molecule has 0 bridgehead atoms. The van der Waals surface area contributed by atoms with Gasteiger partial charge in [0.05, 0.1) is 11.8 Å². The summed E-state index contributed by atoms with van der Waals surface area (Å²) in [4.78, 5) is 18.0. The molecule has 0 saturated carbocycles. The highest BCUT2D eigenvalue weighted by molar-refractivity contribution is 7.99. The summed E-state index contributed by atoms with van der Waals surface area (Å²) in [5.74, 6) is 0.246. The second-order valence-electron chi connectivity index (χ2n) is 6.51. The number of thioether (sulfide) groups is 1. The number of halogens is 1. The van der Waals surface area contributed by atoms with Crippen molar-refractivity contribution in [3.63, 3.8) is 0 Å². The number of hydrogen-bond donors (Lipinski definition) is 1. The van der Waals surface area contributed by atoms with E-state index in [9.17, 15) is 9.18 Å². The van der Waals surface area contributed by atoms with Crippen LogP contribution in [0.2, 0.25) is 0 Å². The number of rotatable bonds is 6. The Morgan fingerprint density at radius 1 is 1.24 bits per heavy atom. The van der Waals surface area contributed by atoms with Crippen LogP contribution in [0.25, 0.3) is 5.78 Å². The van der Waals surface area contributed by atoms with Crippen molar-refractivity contribution in [1.82, 2.24) is 24.9 Å². The third kappa shape index (κ3) is 4.30. The van der Waals surface area contributed by atoms with Crippen molar-refractivity contribution in [2.45, 2.75) is 25.0 Å². The third-order valence-electron chi connectivity index (χ3n) is 4.33. The number of nitrogens with one attached hydrogen (secondary N) is 1. The van der Waals surface area contributed by atoms with Gasteiger partial charge >= 0.3 is 0 Å². The zero-order valence-corrected chi connectivity index (χ0v) is 17.4. The Bertz CT molecular complexity index is 1140. The van der Waals surface area contributed by atoms with Crippen molar-refractivity contribution in [1.29, 1.82) is 0 Å². The Kier molecular flexibility index (Phi) is 5.59. The maximum atomic E-state index is 13.3. The third-order valence-corrected chi connectivity index (χ3v) is 6.20. The molecule has 1 amide bonds. The second-order valence-corrected chi connectivity index (χ2v) is 8.43. The molecule has 0 aliphatic carbocycles. The summed E-state index contributed by atoms with van der Waals surface area (Å²) < 4.78 is 15.1. The van der Waals surface area contributed by atoms with Gasteiger partial charge in [-0.1, -0.05) is 30.0 Å². The lowest BCUT2D eigenvalue weighted by molar-refractivity contribution is -0.119. The van der Waals surface area contributed by atoms with Gasteiger partial charge in [-0.15, -0.1) is 21.5 Å². The van der Waals surface area contributed by atoms with E-state index in [0.29, 0.717) is 10.9 Å². The van der Waals surface area contributed by atoms with Gasteiger partial charge in [0.15, 0.2) is 5.16 Å². The molecule has 9 heteroatoms. The van der Waals surface area contributed by atoms with Gasteiger partial charge in [-0.2, -0.15) is 0 Å². The topological polar surface area (TPSA) is 72.2 Å². The molecule has 1 N–H and O–H groups in total. The molecule has 0 unspecified atom stereocenters. The first-order valence-corrected chi connectivity index (χ1v) is 10.8. The van der Waals surface area contributed by atoms with Crippen LogP contribution in [0.5, 0.6) is 0 Å². The molecule has 148 valence electrons. The van der Waals surface area contributed by atoms with E-state index < -0.39 is 0 Å². The molecule has 0 aliphatic heterocycles. The van der Waals surface area contributed by atoms with E-state index in [4.69, 9.17) is 0 Å². The summed E-state index contributed by atoms with van der Waals surface area (Å²) >= 11 is 2.85. The zero-order chi connectivity index (χ0) is 20.4. The largest absolute Gasteiger partial charge is 0.344 e. The quantitative estimate of drug-likeness (QED) is 0.472. The first kappa shape index (κ1) is 19.5. The number of aromatic nitrogens is 4. The molecule has 0 saturated heterocycles. The Morgan fingerprint density at radius 2 is 2.03 bits per heavy atom. The predicted molar refractivity (Wildman–Crippen MR) is 112 cm³/mol. The molecular weight excluding hydrogens is 409 g/mol. The van der Waals surface area contributed by atoms with Crippen molar-refractivity contribution in [3.05, 3.63) is 75.5 Å². The van der Waals surface area contributed by atoms with Crippen molar-refractivity contribution < 1.29 is 9.18 Å². The molecule has 0 radical (unpaired) electrons. The monoisotopic (exact) mass is 427 g/mol. The molecular formula is C20H18FN5OS2. The van der Waals surface area contributed by atoms with E-state index in [1.54, 1.807) is 23.5 Å². The molecule has 1 aromatic carbocycles. The standard InChI is InChI=1S/C20H18FN5OS2/c1-12-10-13(2)26-19(22-12)24-25-20(26)29-11-17(27)23-18(16-4-3-9-28-16)14-5-7-15(21)8-6-14/h3-10,18H,11H2,1-2H3,(H,23,27)/t18-/m0/s1. The van der Waals surface area contributed by atoms with Gasteiger partial charge in [0.2, 0.25) is 5.91 Å². The minimum atomic E-state index is -0.329. The van der Waals surface area contributed by atoms with Gasteiger partial charge in [0.25, 0.3) is 5.78 Å². The van der Waals surface area contributed by atoms with E-state index in [2.05, 4.69) is 20.5 Å². The van der Waals surface area contributed by atoms with Gasteiger partial charge in [0, 0.05) is 16.3 Å². The molecule has 0 spiro atoms. The summed E-state index contributed by atoms with van der Waals surface area (Å²) in [5.41, 5.74) is 2.66. The minimum Gasteiger partial charge on any atom is -0.344 e. The summed E-state index contributed by atoms with van der Waals surface area (Å²) in [5, 5.41) is 13.9. The van der Waals surface area contributed by atoms with Crippen LogP contribution in [0.4, 0.5) is 4.39 Å². The van der Waals surface area contributed by atoms with Gasteiger partial charge in [0.1, 0.15) is 5.82 Å². The maximum absolute atomic E-state index is 13.3. The molecule has 4 aromatic rings. The fourth-order valence-corrected chi connectivity index (χ4v) is 4.66. The van der Waals surface area contributed by atoms with E-state index in [-0.39, 0.29) is 23.5 Å². The Morgan fingerprint density at radius 3 is 2.76 bits per heavy atom. The van der Waals surface area contributed by atoms with Crippen LogP contribution in [0, 0.1) is 19.7 Å². The average Bonchev–Trinajstić information content (AvgIpc) is 3.35. The molecule has 0 aliphatic rings. The van der Waals surface area contributed by atoms with E-state index >= 15 is 0 Å². The number of carbonyl (C=O) groups is 1. The molecule has 1 atom stereocenters. The van der Waals surface area contributed by atoms with Crippen LogP contribution in [-0.4, -0.2) is 31.2 Å². The predicted octanol–water partition coefficient (Wildman–Crippen LogP) is 3.94. The Balaban J connectivity index is 1.50. The van der Waals surface area contributed by atoms with Crippen LogP contribution in [-0.2, 0) is 4.79 Å². The van der Waals surface area contributed by atoms with Crippen molar-refractivity contribution >= 4 is 34.8 Å². The van der Waals surface area contributed by atoms with Crippen molar-refractivity contribution in [3.8, 4) is 0 Å². The second kappa shape index (κ2) is 8.30. The van der Waals surface area contributed by atoms with Crippen molar-refractivity contribution in [2.24, 2.45) is 0 Å². The highest BCUT2D eigenvalue weighted by Crippen LogP contribution is 2.27. The zero-order valence-electron chi connectivity index (χ0n) is 15.8. The summed E-state index contributed by atoms with van der Waals surface area (Å²) in [6, 6.07) is 11.7. The highest BCUT2D eigenvalue weighted by atomic mass is 32.2. The number of carbonyl (C=O) groups excluding carboxylic acids is 1. The van der Waals surface area contributed by atoms with Gasteiger partial charge in [-0.25, -0.2) is 9.37 Å². The van der Waals surface area contributed by atoms with Crippen LogP contribution in [0.3, 0.4) is 0 Å². The fourth-order valence-electron chi connectivity index (χ4n) is 3.06. The lowest BCUT2D eigenvalue weighted by Crippen LogP contribution is -2.30. The fraction of sp³-hybridized carbons (Fsp3) is 0.200. The Hall–Kier alpha value is -2.78. The molecule has 4 rings (SSSR count).